The van der Waals surface area contributed by atoms with Crippen LogP contribution in [0.5, 0.6) is 0 Å². The number of carbonyl (C=O) groups is 1. The molecule has 3 heterocycles. The lowest BCUT2D eigenvalue weighted by Gasteiger charge is -2.32. The summed E-state index contributed by atoms with van der Waals surface area (Å²) in [6.07, 6.45) is 7.25. The third-order valence-electron chi connectivity index (χ3n) is 8.73. The van der Waals surface area contributed by atoms with E-state index >= 15 is 0 Å². The number of nitrogens with one attached hydrogen (secondary N) is 2. The van der Waals surface area contributed by atoms with E-state index < -0.39 is 0 Å². The number of amides is 1. The van der Waals surface area contributed by atoms with Crippen LogP contribution in [0, 0.1) is 17.2 Å². The zero-order valence-corrected chi connectivity index (χ0v) is 23.2. The van der Waals surface area contributed by atoms with Crippen LogP contribution in [0.1, 0.15) is 56.6 Å². The molecule has 2 saturated carbocycles. The summed E-state index contributed by atoms with van der Waals surface area (Å²) in [5, 5.41) is 17.7. The van der Waals surface area contributed by atoms with Gasteiger partial charge in [0.15, 0.2) is 0 Å². The van der Waals surface area contributed by atoms with Crippen LogP contribution in [0.4, 0.5) is 5.95 Å². The zero-order valence-electron chi connectivity index (χ0n) is 23.2. The van der Waals surface area contributed by atoms with Crippen LogP contribution in [-0.4, -0.2) is 76.1 Å². The Balaban J connectivity index is 1.34. The van der Waals surface area contributed by atoms with E-state index in [1.165, 1.54) is 12.8 Å². The van der Waals surface area contributed by atoms with Crippen molar-refractivity contribution >= 4 is 33.7 Å². The fraction of sp³-hybridized carbons (Fsp3) is 0.567. The van der Waals surface area contributed by atoms with E-state index in [1.54, 1.807) is 0 Å². The fourth-order valence-corrected chi connectivity index (χ4v) is 6.15. The molecular weight excluding hydrogens is 504 g/mol. The highest BCUT2D eigenvalue weighted by atomic mass is 16.1. The van der Waals surface area contributed by atoms with Crippen molar-refractivity contribution in [3.63, 3.8) is 0 Å². The molecule has 1 aromatic carbocycles. The van der Waals surface area contributed by atoms with Crippen LogP contribution >= 0.6 is 0 Å². The minimum absolute atomic E-state index is 0.00784. The molecule has 0 radical (unpaired) electrons. The predicted molar refractivity (Wildman–Crippen MR) is 155 cm³/mol. The molecule has 0 bridgehead atoms. The summed E-state index contributed by atoms with van der Waals surface area (Å²) < 4.78 is 1.90. The molecule has 10 heteroatoms. The van der Waals surface area contributed by atoms with Crippen molar-refractivity contribution in [2.24, 2.45) is 5.92 Å². The van der Waals surface area contributed by atoms with Crippen LogP contribution in [-0.2, 0) is 11.3 Å². The Labute approximate surface area is 234 Å². The number of carbonyl (C=O) groups excluding carboxylic acids is 1. The summed E-state index contributed by atoms with van der Waals surface area (Å²) in [6, 6.07) is 8.19. The first-order chi connectivity index (χ1) is 19.5. The predicted octanol–water partition coefficient (Wildman–Crippen LogP) is 3.03. The number of pyridine rings is 1. The van der Waals surface area contributed by atoms with E-state index in [0.717, 1.165) is 81.3 Å². The first-order valence-electron chi connectivity index (χ1n) is 14.6. The van der Waals surface area contributed by atoms with Gasteiger partial charge in [-0.1, -0.05) is 12.1 Å². The topological polar surface area (TPSA) is 119 Å². The number of fused-ring (bicyclic) bond motifs is 3. The van der Waals surface area contributed by atoms with Gasteiger partial charge < -0.3 is 15.5 Å². The number of anilines is 1. The number of benzene rings is 1. The van der Waals surface area contributed by atoms with Crippen LogP contribution in [0.25, 0.3) is 21.8 Å². The SMILES string of the molecule is CN1CCN(Cc2ccc3c(c2)c(=O)n(C2CCC(NC(=O)CC#N)CC2)c2nc(NCC4CC4)ncc32)CC1. The second kappa shape index (κ2) is 11.5. The van der Waals surface area contributed by atoms with Gasteiger partial charge in [-0.15, -0.1) is 0 Å². The van der Waals surface area contributed by atoms with Gasteiger partial charge in [0.25, 0.3) is 5.56 Å². The smallest absolute Gasteiger partial charge is 0.260 e. The second-order valence-corrected chi connectivity index (χ2v) is 11.8. The van der Waals surface area contributed by atoms with Gasteiger partial charge in [-0.3, -0.25) is 19.1 Å². The highest BCUT2D eigenvalue weighted by Crippen LogP contribution is 2.33. The standard InChI is InChI=1S/C30H38N8O2/c1-36-12-14-37(15-13-36)19-21-4-9-24-25(16-21)29(40)38(23-7-5-22(6-8-23)34-27(39)10-11-31)28-26(24)18-33-30(35-28)32-17-20-2-3-20/h4,9,16,18,20,22-23H,2-3,5-8,10,12-15,17,19H2,1H3,(H,34,39)(H,32,33,35). The molecule has 3 aliphatic rings. The molecule has 1 amide bonds. The van der Waals surface area contributed by atoms with E-state index in [0.29, 0.717) is 22.9 Å². The highest BCUT2D eigenvalue weighted by Gasteiger charge is 2.27. The van der Waals surface area contributed by atoms with Crippen molar-refractivity contribution in [2.45, 2.75) is 63.6 Å². The first-order valence-corrected chi connectivity index (χ1v) is 14.6. The van der Waals surface area contributed by atoms with Crippen molar-refractivity contribution in [2.75, 3.05) is 45.1 Å². The molecule has 210 valence electrons. The number of hydrogen-bond acceptors (Lipinski definition) is 8. The van der Waals surface area contributed by atoms with Gasteiger partial charge in [0.1, 0.15) is 12.1 Å². The maximum Gasteiger partial charge on any atom is 0.260 e. The molecule has 0 unspecified atom stereocenters. The third kappa shape index (κ3) is 5.81. The fourth-order valence-electron chi connectivity index (χ4n) is 6.15. The number of rotatable bonds is 8. The minimum atomic E-state index is -0.230. The number of hydrogen-bond donors (Lipinski definition) is 2. The van der Waals surface area contributed by atoms with E-state index in [1.807, 2.05) is 16.8 Å². The highest BCUT2D eigenvalue weighted by molar-refractivity contribution is 6.04. The number of nitriles is 1. The van der Waals surface area contributed by atoms with Gasteiger partial charge >= 0.3 is 0 Å². The maximum atomic E-state index is 14.2. The third-order valence-corrected chi connectivity index (χ3v) is 8.73. The van der Waals surface area contributed by atoms with E-state index in [9.17, 15) is 9.59 Å². The maximum absolute atomic E-state index is 14.2. The van der Waals surface area contributed by atoms with Gasteiger partial charge in [0.2, 0.25) is 11.9 Å². The Morgan fingerprint density at radius 3 is 2.55 bits per heavy atom. The van der Waals surface area contributed by atoms with Crippen LogP contribution in [0.2, 0.25) is 0 Å². The minimum Gasteiger partial charge on any atom is -0.354 e. The molecule has 1 saturated heterocycles. The van der Waals surface area contributed by atoms with Crippen molar-refractivity contribution < 1.29 is 4.79 Å². The van der Waals surface area contributed by atoms with Crippen molar-refractivity contribution in [1.82, 2.24) is 29.7 Å². The molecular formula is C30H38N8O2. The van der Waals surface area contributed by atoms with E-state index in [2.05, 4.69) is 50.7 Å². The summed E-state index contributed by atoms with van der Waals surface area (Å²) in [5.74, 6) is 1.02. The number of piperazine rings is 1. The molecule has 2 aromatic heterocycles. The normalized spacial score (nSPS) is 22.3. The molecule has 3 aromatic rings. The Hall–Kier alpha value is -3.55. The van der Waals surface area contributed by atoms with Gasteiger partial charge in [0, 0.05) is 68.3 Å². The Kier molecular flexibility index (Phi) is 7.67. The van der Waals surface area contributed by atoms with Crippen LogP contribution in [0.15, 0.2) is 29.2 Å². The molecule has 2 aliphatic carbocycles. The second-order valence-electron chi connectivity index (χ2n) is 11.8. The lowest BCUT2D eigenvalue weighted by atomic mass is 9.90. The molecule has 3 fully saturated rings. The lowest BCUT2D eigenvalue weighted by molar-refractivity contribution is -0.121. The first kappa shape index (κ1) is 26.7. The Morgan fingerprint density at radius 2 is 1.82 bits per heavy atom. The molecule has 0 spiro atoms. The molecule has 1 aliphatic heterocycles. The summed E-state index contributed by atoms with van der Waals surface area (Å²) in [4.78, 5) is 40.5. The number of aromatic nitrogens is 3. The number of nitrogens with zero attached hydrogens (tertiary/aromatic N) is 6. The monoisotopic (exact) mass is 542 g/mol. The average molecular weight is 543 g/mol. The average Bonchev–Trinajstić information content (AvgIpc) is 3.79. The van der Waals surface area contributed by atoms with Crippen molar-refractivity contribution in [3.05, 3.63) is 40.3 Å². The van der Waals surface area contributed by atoms with Gasteiger partial charge in [0.05, 0.1) is 6.07 Å². The van der Waals surface area contributed by atoms with Gasteiger partial charge in [-0.2, -0.15) is 10.2 Å². The largest absolute Gasteiger partial charge is 0.354 e. The van der Waals surface area contributed by atoms with Crippen LogP contribution in [0.3, 0.4) is 0 Å². The van der Waals surface area contributed by atoms with Gasteiger partial charge in [-0.05, 0) is 68.5 Å². The van der Waals surface area contributed by atoms with Crippen molar-refractivity contribution in [1.29, 1.82) is 5.26 Å². The Morgan fingerprint density at radius 1 is 1.05 bits per heavy atom. The summed E-state index contributed by atoms with van der Waals surface area (Å²) in [5.41, 5.74) is 1.81. The molecule has 10 nitrogen and oxygen atoms in total. The summed E-state index contributed by atoms with van der Waals surface area (Å²) in [6.45, 7) is 5.84. The van der Waals surface area contributed by atoms with Gasteiger partial charge in [-0.25, -0.2) is 4.98 Å². The van der Waals surface area contributed by atoms with E-state index in [-0.39, 0.29) is 30.0 Å². The number of likely N-dealkylation sites (N-methyl/N-ethyl adjacent to an activating group) is 1. The quantitative estimate of drug-likeness (QED) is 0.417. The van der Waals surface area contributed by atoms with E-state index in [4.69, 9.17) is 10.2 Å². The molecule has 6 rings (SSSR count). The van der Waals surface area contributed by atoms with Crippen LogP contribution < -0.4 is 16.2 Å². The summed E-state index contributed by atoms with van der Waals surface area (Å²) in [7, 11) is 2.16. The summed E-state index contributed by atoms with van der Waals surface area (Å²) >= 11 is 0. The zero-order chi connectivity index (χ0) is 27.6. The molecule has 2 N–H and O–H groups in total. The molecule has 40 heavy (non-hydrogen) atoms. The lowest BCUT2D eigenvalue weighted by Crippen LogP contribution is -2.43. The van der Waals surface area contributed by atoms with Crippen molar-refractivity contribution in [3.8, 4) is 6.07 Å². The molecule has 0 atom stereocenters. The Bertz CT molecular complexity index is 1490.